The van der Waals surface area contributed by atoms with Crippen molar-refractivity contribution in [2.45, 2.75) is 45.6 Å². The Morgan fingerprint density at radius 1 is 1.26 bits per heavy atom. The van der Waals surface area contributed by atoms with Crippen LogP contribution in [0.2, 0.25) is 5.02 Å². The summed E-state index contributed by atoms with van der Waals surface area (Å²) in [4.78, 5) is 18.1. The molecule has 1 aromatic carbocycles. The minimum Gasteiger partial charge on any atom is -0.443 e. The lowest BCUT2D eigenvalue weighted by Gasteiger charge is -2.36. The first-order valence-electron chi connectivity index (χ1n) is 9.07. The average molecular weight is 395 g/mol. The second-order valence-electron chi connectivity index (χ2n) is 6.94. The molecule has 1 saturated heterocycles. The summed E-state index contributed by atoms with van der Waals surface area (Å²) in [6, 6.07) is 4.16. The number of esters is 1. The molecule has 0 atom stereocenters. The number of carbonyl (C=O) groups excluding carboxylic acids is 1. The quantitative estimate of drug-likeness (QED) is 0.522. The van der Waals surface area contributed by atoms with Crippen LogP contribution in [-0.4, -0.2) is 50.0 Å². The molecule has 1 fully saturated rings. The number of hydrogen-bond donors (Lipinski definition) is 0. The molecule has 1 heterocycles. The van der Waals surface area contributed by atoms with Gasteiger partial charge in [0.2, 0.25) is 0 Å². The monoisotopic (exact) mass is 394 g/mol. The predicted molar refractivity (Wildman–Crippen MR) is 102 cm³/mol. The minimum absolute atomic E-state index is 0.106. The normalized spacial score (nSPS) is 16.7. The van der Waals surface area contributed by atoms with E-state index in [4.69, 9.17) is 25.9 Å². The van der Waals surface area contributed by atoms with E-state index in [1.54, 1.807) is 12.2 Å². The van der Waals surface area contributed by atoms with Gasteiger partial charge in [-0.1, -0.05) is 17.7 Å². The van der Waals surface area contributed by atoms with Gasteiger partial charge in [0.05, 0.1) is 19.6 Å². The standard InChI is InChI=1S/C20H27ClN2O4/c1-14-11-15(2)19(21)16(3)17(14)12-18(24)27-20(13-22)5-7-23(8-6-20)26-10-9-25-4/h11H,5-10,12H2,1-4H3. The number of benzene rings is 1. The van der Waals surface area contributed by atoms with Gasteiger partial charge in [-0.05, 0) is 43.0 Å². The highest BCUT2D eigenvalue weighted by molar-refractivity contribution is 6.32. The Labute approximate surface area is 165 Å². The Kier molecular flexibility index (Phi) is 7.63. The molecule has 1 aliphatic rings. The van der Waals surface area contributed by atoms with Gasteiger partial charge < -0.3 is 9.47 Å². The van der Waals surface area contributed by atoms with Crippen LogP contribution in [0.3, 0.4) is 0 Å². The molecule has 1 aromatic rings. The van der Waals surface area contributed by atoms with Crippen molar-refractivity contribution in [3.8, 4) is 6.07 Å². The van der Waals surface area contributed by atoms with Crippen LogP contribution >= 0.6 is 11.6 Å². The van der Waals surface area contributed by atoms with Crippen molar-refractivity contribution in [2.75, 3.05) is 33.4 Å². The summed E-state index contributed by atoms with van der Waals surface area (Å²) in [5.41, 5.74) is 2.63. The van der Waals surface area contributed by atoms with Gasteiger partial charge >= 0.3 is 5.97 Å². The number of nitrogens with zero attached hydrogens (tertiary/aromatic N) is 2. The summed E-state index contributed by atoms with van der Waals surface area (Å²) in [7, 11) is 1.62. The smallest absolute Gasteiger partial charge is 0.311 e. The maximum Gasteiger partial charge on any atom is 0.311 e. The molecule has 7 heteroatoms. The van der Waals surface area contributed by atoms with Crippen molar-refractivity contribution in [2.24, 2.45) is 0 Å². The third-order valence-corrected chi connectivity index (χ3v) is 5.54. The fraction of sp³-hybridized carbons (Fsp3) is 0.600. The summed E-state index contributed by atoms with van der Waals surface area (Å²) >= 11 is 6.32. The Hall–Kier alpha value is -1.65. The van der Waals surface area contributed by atoms with E-state index >= 15 is 0 Å². The number of piperidine rings is 1. The molecule has 0 aromatic heterocycles. The van der Waals surface area contributed by atoms with Crippen LogP contribution in [0.25, 0.3) is 0 Å². The molecule has 6 nitrogen and oxygen atoms in total. The van der Waals surface area contributed by atoms with Crippen molar-refractivity contribution in [1.82, 2.24) is 5.06 Å². The van der Waals surface area contributed by atoms with Gasteiger partial charge in [0.15, 0.2) is 5.60 Å². The number of aryl methyl sites for hydroxylation is 2. The van der Waals surface area contributed by atoms with E-state index in [1.807, 2.05) is 26.8 Å². The Morgan fingerprint density at radius 3 is 2.52 bits per heavy atom. The van der Waals surface area contributed by atoms with Crippen LogP contribution < -0.4 is 0 Å². The molecule has 0 unspecified atom stereocenters. The zero-order chi connectivity index (χ0) is 20.0. The van der Waals surface area contributed by atoms with Crippen molar-refractivity contribution < 1.29 is 19.1 Å². The minimum atomic E-state index is -1.10. The molecule has 0 aliphatic carbocycles. The number of hydroxylamine groups is 2. The molecular weight excluding hydrogens is 368 g/mol. The van der Waals surface area contributed by atoms with E-state index in [9.17, 15) is 10.1 Å². The first kappa shape index (κ1) is 21.6. The highest BCUT2D eigenvalue weighted by atomic mass is 35.5. The van der Waals surface area contributed by atoms with Crippen LogP contribution in [0.15, 0.2) is 6.07 Å². The molecular formula is C20H27ClN2O4. The van der Waals surface area contributed by atoms with Crippen molar-refractivity contribution in [3.63, 3.8) is 0 Å². The van der Waals surface area contributed by atoms with Gasteiger partial charge in [-0.3, -0.25) is 9.63 Å². The first-order valence-corrected chi connectivity index (χ1v) is 9.45. The van der Waals surface area contributed by atoms with E-state index in [1.165, 1.54) is 0 Å². The van der Waals surface area contributed by atoms with Crippen LogP contribution in [0, 0.1) is 32.1 Å². The highest BCUT2D eigenvalue weighted by Crippen LogP contribution is 2.29. The molecule has 0 saturated carbocycles. The molecule has 0 spiro atoms. The maximum atomic E-state index is 12.6. The van der Waals surface area contributed by atoms with Crippen LogP contribution in [0.4, 0.5) is 0 Å². The number of nitriles is 1. The molecule has 0 bridgehead atoms. The summed E-state index contributed by atoms with van der Waals surface area (Å²) in [6.45, 7) is 7.82. The van der Waals surface area contributed by atoms with E-state index in [2.05, 4.69) is 6.07 Å². The zero-order valence-corrected chi connectivity index (χ0v) is 17.2. The van der Waals surface area contributed by atoms with Crippen LogP contribution in [0.5, 0.6) is 0 Å². The molecule has 1 aliphatic heterocycles. The van der Waals surface area contributed by atoms with Gasteiger partial charge in [-0.15, -0.1) is 0 Å². The Bertz CT molecular complexity index is 722. The SMILES string of the molecule is COCCON1CCC(C#N)(OC(=O)Cc2c(C)cc(C)c(Cl)c2C)CC1. The van der Waals surface area contributed by atoms with Crippen molar-refractivity contribution in [3.05, 3.63) is 33.3 Å². The Morgan fingerprint density at radius 2 is 1.93 bits per heavy atom. The van der Waals surface area contributed by atoms with Crippen molar-refractivity contribution >= 4 is 17.6 Å². The van der Waals surface area contributed by atoms with Gasteiger partial charge in [0, 0.05) is 38.1 Å². The van der Waals surface area contributed by atoms with Crippen LogP contribution in [-0.2, 0) is 25.5 Å². The van der Waals surface area contributed by atoms with Crippen molar-refractivity contribution in [1.29, 1.82) is 5.26 Å². The molecule has 0 amide bonds. The number of rotatable bonds is 7. The number of methoxy groups -OCH3 is 1. The largest absolute Gasteiger partial charge is 0.443 e. The van der Waals surface area contributed by atoms with Crippen LogP contribution in [0.1, 0.15) is 35.1 Å². The highest BCUT2D eigenvalue weighted by Gasteiger charge is 2.39. The molecule has 148 valence electrons. The average Bonchev–Trinajstić information content (AvgIpc) is 2.65. The fourth-order valence-electron chi connectivity index (χ4n) is 3.33. The van der Waals surface area contributed by atoms with E-state index in [0.717, 1.165) is 22.3 Å². The Balaban J connectivity index is 1.99. The summed E-state index contributed by atoms with van der Waals surface area (Å²) in [5, 5.41) is 12.1. The lowest BCUT2D eigenvalue weighted by molar-refractivity contribution is -0.201. The lowest BCUT2D eigenvalue weighted by atomic mass is 9.93. The molecule has 0 radical (unpaired) electrons. The second-order valence-corrected chi connectivity index (χ2v) is 7.32. The van der Waals surface area contributed by atoms with Gasteiger partial charge in [0.25, 0.3) is 0 Å². The van der Waals surface area contributed by atoms with E-state index < -0.39 is 11.6 Å². The third kappa shape index (κ3) is 5.43. The summed E-state index contributed by atoms with van der Waals surface area (Å²) in [5.74, 6) is -0.406. The summed E-state index contributed by atoms with van der Waals surface area (Å²) < 4.78 is 10.6. The zero-order valence-electron chi connectivity index (χ0n) is 16.4. The summed E-state index contributed by atoms with van der Waals surface area (Å²) in [6.07, 6.45) is 0.929. The molecule has 0 N–H and O–H groups in total. The number of halogens is 1. The third-order valence-electron chi connectivity index (χ3n) is 4.96. The topological polar surface area (TPSA) is 71.8 Å². The maximum absolute atomic E-state index is 12.6. The van der Waals surface area contributed by atoms with E-state index in [-0.39, 0.29) is 6.42 Å². The number of carbonyl (C=O) groups is 1. The lowest BCUT2D eigenvalue weighted by Crippen LogP contribution is -2.46. The molecule has 27 heavy (non-hydrogen) atoms. The molecule has 2 rings (SSSR count). The first-order chi connectivity index (χ1) is 12.8. The van der Waals surface area contributed by atoms with Gasteiger partial charge in [-0.25, -0.2) is 0 Å². The number of ether oxygens (including phenoxy) is 2. The van der Waals surface area contributed by atoms with E-state index in [0.29, 0.717) is 44.2 Å². The van der Waals surface area contributed by atoms with Gasteiger partial charge in [-0.2, -0.15) is 10.3 Å². The number of hydrogen-bond acceptors (Lipinski definition) is 6. The second kappa shape index (κ2) is 9.52. The fourth-order valence-corrected chi connectivity index (χ4v) is 3.50. The van der Waals surface area contributed by atoms with Gasteiger partial charge in [0.1, 0.15) is 6.07 Å². The predicted octanol–water partition coefficient (Wildman–Crippen LogP) is 3.29.